The number of Topliss-reactive ketones (excluding diaryl/α,β-unsaturated/α-hetero) is 1. The maximum Gasteiger partial charge on any atom is 0.346 e. The van der Waals surface area contributed by atoms with Crippen LogP contribution < -0.4 is 21.9 Å². The molecule has 0 saturated carbocycles. The van der Waals surface area contributed by atoms with Gasteiger partial charge in [0.25, 0.3) is 0 Å². The number of rotatable bonds is 4. The van der Waals surface area contributed by atoms with Gasteiger partial charge in [-0.2, -0.15) is 0 Å². The molecule has 1 aromatic carbocycles. The molecule has 0 amide bonds. The number of thiophene rings is 1. The molecule has 4 aromatic rings. The smallest absolute Gasteiger partial charge is 0.346 e. The molecule has 0 radical (unpaired) electrons. The van der Waals surface area contributed by atoms with Gasteiger partial charge in [0.2, 0.25) is 0 Å². The summed E-state index contributed by atoms with van der Waals surface area (Å²) >= 11 is 0.978. The molecule has 2 unspecified atom stereocenters. The third kappa shape index (κ3) is 2.76. The zero-order valence-corrected chi connectivity index (χ0v) is 17.2. The van der Waals surface area contributed by atoms with Crippen LogP contribution in [0.5, 0.6) is 11.5 Å². The Morgan fingerprint density at radius 3 is 2.53 bits per heavy atom. The Morgan fingerprint density at radius 2 is 1.88 bits per heavy atom. The number of ether oxygens (including phenoxy) is 1. The van der Waals surface area contributed by atoms with E-state index in [0.717, 1.165) is 11.3 Å². The second kappa shape index (κ2) is 7.05. The zero-order valence-electron chi connectivity index (χ0n) is 16.4. The second-order valence-corrected chi connectivity index (χ2v) is 8.28. The number of carbonyl (C=O) groups excluding carboxylic acids is 1. The van der Waals surface area contributed by atoms with Crippen LogP contribution in [0.2, 0.25) is 0 Å². The number of nitrogens with zero attached hydrogens (tertiary/aromatic N) is 3. The monoisotopic (exact) mass is 448 g/mol. The lowest BCUT2D eigenvalue weighted by Gasteiger charge is -2.35. The van der Waals surface area contributed by atoms with Crippen LogP contribution >= 0.6 is 11.3 Å². The van der Waals surface area contributed by atoms with E-state index in [4.69, 9.17) is 21.9 Å². The fourth-order valence-electron chi connectivity index (χ4n) is 3.95. The minimum Gasteiger partial charge on any atom is -0.477 e. The summed E-state index contributed by atoms with van der Waals surface area (Å²) < 4.78 is 6.17. The Kier molecular flexibility index (Phi) is 4.41. The zero-order chi connectivity index (χ0) is 22.6. The van der Waals surface area contributed by atoms with Crippen molar-refractivity contribution >= 4 is 38.9 Å². The molecule has 1 aliphatic rings. The Balaban J connectivity index is 1.66. The number of pyridine rings is 1. The summed E-state index contributed by atoms with van der Waals surface area (Å²) in [7, 11) is 0. The molecule has 10 nitrogen and oxygen atoms in total. The van der Waals surface area contributed by atoms with Gasteiger partial charge in [-0.1, -0.05) is 6.07 Å². The number of nitrogens with two attached hydrogens (primary N) is 3. The number of benzene rings is 1. The molecule has 5 rings (SSSR count). The first-order chi connectivity index (χ1) is 15.3. The highest BCUT2D eigenvalue weighted by Gasteiger charge is 2.49. The molecule has 0 fully saturated rings. The molecular formula is C21H16N6O4S. The van der Waals surface area contributed by atoms with Crippen LogP contribution in [0.4, 0.5) is 5.69 Å². The number of aromatic carboxylic acids is 1. The van der Waals surface area contributed by atoms with E-state index in [9.17, 15) is 14.7 Å². The first-order valence-corrected chi connectivity index (χ1v) is 10.2. The van der Waals surface area contributed by atoms with E-state index in [2.05, 4.69) is 15.0 Å². The molecule has 3 aromatic heterocycles. The van der Waals surface area contributed by atoms with Gasteiger partial charge < -0.3 is 27.0 Å². The van der Waals surface area contributed by atoms with Crippen LogP contribution in [0, 0.1) is 0 Å². The van der Waals surface area contributed by atoms with Crippen molar-refractivity contribution < 1.29 is 19.4 Å². The number of anilines is 1. The summed E-state index contributed by atoms with van der Waals surface area (Å²) in [6.07, 6.45) is 5.80. The van der Waals surface area contributed by atoms with E-state index in [1.165, 1.54) is 24.9 Å². The van der Waals surface area contributed by atoms with Gasteiger partial charge in [0.15, 0.2) is 11.5 Å². The highest BCUT2D eigenvalue weighted by molar-refractivity contribution is 7.21. The number of carbonyl (C=O) groups is 2. The maximum atomic E-state index is 13.4. The summed E-state index contributed by atoms with van der Waals surface area (Å²) in [6.45, 7) is 0. The van der Waals surface area contributed by atoms with E-state index in [1.807, 2.05) is 0 Å². The van der Waals surface area contributed by atoms with E-state index in [-0.39, 0.29) is 16.1 Å². The van der Waals surface area contributed by atoms with Gasteiger partial charge in [-0.25, -0.2) is 14.8 Å². The minimum absolute atomic E-state index is 0.0242. The Hall–Kier alpha value is -3.93. The lowest BCUT2D eigenvalue weighted by Crippen LogP contribution is -2.53. The Bertz CT molecular complexity index is 1390. The van der Waals surface area contributed by atoms with Crippen molar-refractivity contribution in [2.75, 3.05) is 5.73 Å². The molecule has 11 heteroatoms. The van der Waals surface area contributed by atoms with Crippen LogP contribution in [-0.2, 0) is 10.3 Å². The first-order valence-electron chi connectivity index (χ1n) is 9.39. The molecule has 7 N–H and O–H groups in total. The fraction of sp³-hybridized carbons (Fsp3) is 0.0952. The molecular weight excluding hydrogens is 432 g/mol. The predicted octanol–water partition coefficient (Wildman–Crippen LogP) is 1.94. The van der Waals surface area contributed by atoms with Crippen LogP contribution in [-0.4, -0.2) is 31.8 Å². The van der Waals surface area contributed by atoms with Crippen LogP contribution in [0.25, 0.3) is 10.1 Å². The Labute approximate surface area is 184 Å². The van der Waals surface area contributed by atoms with Gasteiger partial charge in [0.1, 0.15) is 22.5 Å². The topological polar surface area (TPSA) is 180 Å². The number of hydrogen-bond acceptors (Lipinski definition) is 10. The molecule has 0 aliphatic heterocycles. The van der Waals surface area contributed by atoms with Crippen LogP contribution in [0.1, 0.15) is 32.5 Å². The van der Waals surface area contributed by atoms with Gasteiger partial charge >= 0.3 is 5.97 Å². The average Bonchev–Trinajstić information content (AvgIpc) is 3.20. The van der Waals surface area contributed by atoms with Gasteiger partial charge in [-0.3, -0.25) is 9.78 Å². The van der Waals surface area contributed by atoms with Gasteiger partial charge in [0, 0.05) is 16.6 Å². The third-order valence-corrected chi connectivity index (χ3v) is 6.66. The lowest BCUT2D eigenvalue weighted by molar-refractivity contribution is -0.124. The van der Waals surface area contributed by atoms with Gasteiger partial charge in [-0.05, 0) is 23.8 Å². The third-order valence-electron chi connectivity index (χ3n) is 5.42. The van der Waals surface area contributed by atoms with Crippen molar-refractivity contribution in [2.24, 2.45) is 11.5 Å². The summed E-state index contributed by atoms with van der Waals surface area (Å²) in [5, 5.41) is 10.1. The lowest BCUT2D eigenvalue weighted by atomic mass is 9.72. The number of ketones is 1. The van der Waals surface area contributed by atoms with Gasteiger partial charge in [-0.15, -0.1) is 11.3 Å². The highest BCUT2D eigenvalue weighted by atomic mass is 32.1. The van der Waals surface area contributed by atoms with E-state index in [1.54, 1.807) is 24.3 Å². The van der Waals surface area contributed by atoms with E-state index in [0.29, 0.717) is 32.8 Å². The average molecular weight is 448 g/mol. The molecule has 0 spiro atoms. The van der Waals surface area contributed by atoms with Crippen molar-refractivity contribution in [1.29, 1.82) is 0 Å². The summed E-state index contributed by atoms with van der Waals surface area (Å²) in [4.78, 5) is 37.3. The van der Waals surface area contributed by atoms with Crippen LogP contribution in [0.3, 0.4) is 0 Å². The van der Waals surface area contributed by atoms with E-state index < -0.39 is 23.3 Å². The molecule has 160 valence electrons. The second-order valence-electron chi connectivity index (χ2n) is 7.26. The first kappa shape index (κ1) is 20.0. The molecule has 0 bridgehead atoms. The van der Waals surface area contributed by atoms with Gasteiger partial charge in [0.05, 0.1) is 35.0 Å². The van der Waals surface area contributed by atoms with Crippen molar-refractivity contribution in [3.63, 3.8) is 0 Å². The number of nitrogen functional groups attached to an aromatic ring is 1. The quantitative estimate of drug-likeness (QED) is 0.337. The number of carboxylic acid groups (broad SMARTS) is 1. The number of aromatic nitrogens is 3. The number of hydrogen-bond donors (Lipinski definition) is 4. The molecule has 2 atom stereocenters. The molecule has 32 heavy (non-hydrogen) atoms. The predicted molar refractivity (Wildman–Crippen MR) is 116 cm³/mol. The fourth-order valence-corrected chi connectivity index (χ4v) is 5.09. The standard InChI is InChI=1S/C21H16N6O4S/c22-12-3-2-11-14-15(18(20(29)30)32-17(12)14)16(23)19(28)21(11,24)13-4-1-9(7-27-13)31-10-5-25-8-26-6-10/h1-8,16H,22-24H2,(H,29,30). The van der Waals surface area contributed by atoms with Crippen molar-refractivity contribution in [3.8, 4) is 11.5 Å². The summed E-state index contributed by atoms with van der Waals surface area (Å²) in [5.41, 5.74) is 18.6. The number of carboxylic acids is 1. The normalized spacial score (nSPS) is 19.8. The SMILES string of the molecule is Nc1ccc2c3c(c(C(=O)O)sc13)C(N)C(=O)C2(N)c1ccc(Oc2cncnc2)cn1. The molecule has 0 saturated heterocycles. The molecule has 1 aliphatic carbocycles. The summed E-state index contributed by atoms with van der Waals surface area (Å²) in [5.74, 6) is -0.922. The maximum absolute atomic E-state index is 13.4. The van der Waals surface area contributed by atoms with E-state index >= 15 is 0 Å². The van der Waals surface area contributed by atoms with Crippen molar-refractivity contribution in [3.05, 3.63) is 70.9 Å². The minimum atomic E-state index is -1.69. The molecule has 3 heterocycles. The van der Waals surface area contributed by atoms with Crippen molar-refractivity contribution in [1.82, 2.24) is 15.0 Å². The summed E-state index contributed by atoms with van der Waals surface area (Å²) in [6, 6.07) is 5.16. The highest BCUT2D eigenvalue weighted by Crippen LogP contribution is 2.49. The Morgan fingerprint density at radius 1 is 1.12 bits per heavy atom. The van der Waals surface area contributed by atoms with Crippen molar-refractivity contribution in [2.45, 2.75) is 11.6 Å². The largest absolute Gasteiger partial charge is 0.477 e. The van der Waals surface area contributed by atoms with Crippen LogP contribution in [0.15, 0.2) is 49.2 Å².